The summed E-state index contributed by atoms with van der Waals surface area (Å²) < 4.78 is 5.64. The Morgan fingerprint density at radius 1 is 1.27 bits per heavy atom. The first kappa shape index (κ1) is 16.9. The van der Waals surface area contributed by atoms with Gasteiger partial charge in [0.1, 0.15) is 5.76 Å². The van der Waals surface area contributed by atoms with Gasteiger partial charge in [0.25, 0.3) is 5.91 Å². The molecule has 2 heterocycles. The summed E-state index contributed by atoms with van der Waals surface area (Å²) in [7, 11) is 0. The Kier molecular flexibility index (Phi) is 5.89. The van der Waals surface area contributed by atoms with Crippen molar-refractivity contribution in [1.82, 2.24) is 10.6 Å². The fraction of sp³-hybridized carbons (Fsp3) is 0.312. The van der Waals surface area contributed by atoms with E-state index in [1.54, 1.807) is 18.2 Å². The fourth-order valence-corrected chi connectivity index (χ4v) is 2.73. The lowest BCUT2D eigenvalue weighted by atomic mass is 10.1. The van der Waals surface area contributed by atoms with Crippen molar-refractivity contribution < 1.29 is 9.21 Å². The van der Waals surface area contributed by atoms with Gasteiger partial charge in [0.2, 0.25) is 0 Å². The molecule has 0 radical (unpaired) electrons. The van der Waals surface area contributed by atoms with E-state index in [4.69, 9.17) is 16.0 Å². The normalized spacial score (nSPS) is 17.6. The average Bonchev–Trinajstić information content (AvgIpc) is 2.98. The molecule has 2 aromatic rings. The number of nitrogens with one attached hydrogen (secondary N) is 2. The van der Waals surface area contributed by atoms with E-state index in [9.17, 15) is 4.79 Å². The third kappa shape index (κ3) is 3.83. The summed E-state index contributed by atoms with van der Waals surface area (Å²) in [6.45, 7) is 1.83. The monoisotopic (exact) mass is 340 g/mol. The van der Waals surface area contributed by atoms with Crippen LogP contribution in [0.1, 0.15) is 23.4 Å². The van der Waals surface area contributed by atoms with Gasteiger partial charge in [0, 0.05) is 18.2 Å². The van der Waals surface area contributed by atoms with Crippen LogP contribution in [-0.4, -0.2) is 25.0 Å². The lowest BCUT2D eigenvalue weighted by molar-refractivity contribution is 0.0903. The summed E-state index contributed by atoms with van der Waals surface area (Å²) in [6, 6.07) is 11.0. The van der Waals surface area contributed by atoms with Gasteiger partial charge in [-0.3, -0.25) is 4.79 Å². The lowest BCUT2D eigenvalue weighted by Gasteiger charge is -2.23. The van der Waals surface area contributed by atoms with Crippen LogP contribution >= 0.6 is 24.0 Å². The van der Waals surface area contributed by atoms with E-state index in [0.717, 1.165) is 31.5 Å². The number of rotatable bonds is 3. The molecule has 1 saturated heterocycles. The predicted molar refractivity (Wildman–Crippen MR) is 89.8 cm³/mol. The van der Waals surface area contributed by atoms with Crippen LogP contribution in [0, 0.1) is 0 Å². The molecule has 6 heteroatoms. The highest BCUT2D eigenvalue weighted by atomic mass is 35.5. The number of piperidine rings is 1. The van der Waals surface area contributed by atoms with Crippen molar-refractivity contribution in [2.45, 2.75) is 18.9 Å². The summed E-state index contributed by atoms with van der Waals surface area (Å²) in [6.07, 6.45) is 2.07. The highest BCUT2D eigenvalue weighted by Crippen LogP contribution is 2.29. The minimum absolute atomic E-state index is 0. The zero-order valence-electron chi connectivity index (χ0n) is 12.0. The number of carbonyl (C=O) groups excluding carboxylic acids is 1. The maximum absolute atomic E-state index is 12.2. The molecule has 4 nitrogen and oxygen atoms in total. The van der Waals surface area contributed by atoms with Gasteiger partial charge in [0.15, 0.2) is 5.76 Å². The molecule has 1 aromatic heterocycles. The standard InChI is InChI=1S/C16H17ClN2O2.ClH/c17-13-6-2-1-5-12(13)14-7-8-15(21-14)16(20)19-11-4-3-9-18-10-11;/h1-2,5-8,11,18H,3-4,9-10H2,(H,19,20);1H/t11-;/m0./s1. The van der Waals surface area contributed by atoms with Gasteiger partial charge in [-0.2, -0.15) is 0 Å². The van der Waals surface area contributed by atoms with Crippen LogP contribution in [0.2, 0.25) is 5.02 Å². The number of hydrogen-bond donors (Lipinski definition) is 2. The number of furan rings is 1. The molecule has 1 amide bonds. The Morgan fingerprint density at radius 2 is 2.09 bits per heavy atom. The molecule has 1 atom stereocenters. The fourth-order valence-electron chi connectivity index (χ4n) is 2.50. The number of halogens is 2. The second-order valence-electron chi connectivity index (χ2n) is 5.16. The SMILES string of the molecule is Cl.O=C(N[C@H]1CCCNC1)c1ccc(-c2ccccc2Cl)o1. The van der Waals surface area contributed by atoms with Gasteiger partial charge in [-0.15, -0.1) is 12.4 Å². The van der Waals surface area contributed by atoms with Crippen molar-refractivity contribution in [3.8, 4) is 11.3 Å². The van der Waals surface area contributed by atoms with Gasteiger partial charge >= 0.3 is 0 Å². The van der Waals surface area contributed by atoms with Crippen LogP contribution in [-0.2, 0) is 0 Å². The molecule has 0 aliphatic carbocycles. The molecule has 0 spiro atoms. The molecule has 0 saturated carbocycles. The number of amides is 1. The molecule has 1 aliphatic rings. The van der Waals surface area contributed by atoms with Crippen molar-refractivity contribution in [2.24, 2.45) is 0 Å². The van der Waals surface area contributed by atoms with E-state index in [1.165, 1.54) is 0 Å². The number of carbonyl (C=O) groups is 1. The smallest absolute Gasteiger partial charge is 0.287 e. The second-order valence-corrected chi connectivity index (χ2v) is 5.57. The Morgan fingerprint density at radius 3 is 2.82 bits per heavy atom. The van der Waals surface area contributed by atoms with Gasteiger partial charge in [-0.25, -0.2) is 0 Å². The van der Waals surface area contributed by atoms with E-state index in [-0.39, 0.29) is 24.4 Å². The summed E-state index contributed by atoms with van der Waals surface area (Å²) in [4.78, 5) is 12.2. The second kappa shape index (κ2) is 7.68. The first-order valence-electron chi connectivity index (χ1n) is 7.10. The Hall–Kier alpha value is -1.49. The van der Waals surface area contributed by atoms with E-state index in [2.05, 4.69) is 10.6 Å². The molecular formula is C16H18Cl2N2O2. The first-order valence-corrected chi connectivity index (χ1v) is 7.48. The van der Waals surface area contributed by atoms with Crippen LogP contribution in [0.25, 0.3) is 11.3 Å². The maximum atomic E-state index is 12.2. The van der Waals surface area contributed by atoms with Crippen LogP contribution in [0.3, 0.4) is 0 Å². The molecule has 1 fully saturated rings. The predicted octanol–water partition coefficient (Wildman–Crippen LogP) is 3.50. The highest BCUT2D eigenvalue weighted by molar-refractivity contribution is 6.33. The molecule has 22 heavy (non-hydrogen) atoms. The third-order valence-corrected chi connectivity index (χ3v) is 3.93. The van der Waals surface area contributed by atoms with Crippen molar-refractivity contribution in [3.05, 3.63) is 47.2 Å². The number of benzene rings is 1. The Labute approximate surface area is 140 Å². The van der Waals surface area contributed by atoms with Crippen molar-refractivity contribution in [1.29, 1.82) is 0 Å². The van der Waals surface area contributed by atoms with Crippen molar-refractivity contribution in [2.75, 3.05) is 13.1 Å². The summed E-state index contributed by atoms with van der Waals surface area (Å²) >= 11 is 6.13. The average molecular weight is 341 g/mol. The topological polar surface area (TPSA) is 54.3 Å². The molecule has 1 aromatic carbocycles. The quantitative estimate of drug-likeness (QED) is 0.898. The van der Waals surface area contributed by atoms with Gasteiger partial charge < -0.3 is 15.1 Å². The molecule has 1 aliphatic heterocycles. The van der Waals surface area contributed by atoms with E-state index < -0.39 is 0 Å². The van der Waals surface area contributed by atoms with Gasteiger partial charge in [0.05, 0.1) is 5.02 Å². The molecule has 3 rings (SSSR count). The molecule has 0 bridgehead atoms. The Bertz CT molecular complexity index is 637. The van der Waals surface area contributed by atoms with E-state index in [1.807, 2.05) is 18.2 Å². The molecule has 0 unspecified atom stereocenters. The van der Waals surface area contributed by atoms with E-state index in [0.29, 0.717) is 16.5 Å². The van der Waals surface area contributed by atoms with Gasteiger partial charge in [-0.1, -0.05) is 23.7 Å². The van der Waals surface area contributed by atoms with Gasteiger partial charge in [-0.05, 0) is 43.7 Å². The van der Waals surface area contributed by atoms with E-state index >= 15 is 0 Å². The zero-order valence-corrected chi connectivity index (χ0v) is 13.5. The lowest BCUT2D eigenvalue weighted by Crippen LogP contribution is -2.45. The largest absolute Gasteiger partial charge is 0.451 e. The van der Waals surface area contributed by atoms with Crippen LogP contribution in [0.15, 0.2) is 40.8 Å². The molecule has 2 N–H and O–H groups in total. The van der Waals surface area contributed by atoms with Crippen LogP contribution in [0.5, 0.6) is 0 Å². The molecular weight excluding hydrogens is 323 g/mol. The van der Waals surface area contributed by atoms with Crippen LogP contribution < -0.4 is 10.6 Å². The first-order chi connectivity index (χ1) is 10.2. The summed E-state index contributed by atoms with van der Waals surface area (Å²) in [5.74, 6) is 0.741. The zero-order chi connectivity index (χ0) is 14.7. The summed E-state index contributed by atoms with van der Waals surface area (Å²) in [5.41, 5.74) is 0.789. The summed E-state index contributed by atoms with van der Waals surface area (Å²) in [5, 5.41) is 6.86. The highest BCUT2D eigenvalue weighted by Gasteiger charge is 2.19. The molecule has 118 valence electrons. The maximum Gasteiger partial charge on any atom is 0.287 e. The Balaban J connectivity index is 0.00000176. The minimum Gasteiger partial charge on any atom is -0.451 e. The number of hydrogen-bond acceptors (Lipinski definition) is 3. The van der Waals surface area contributed by atoms with Crippen molar-refractivity contribution in [3.63, 3.8) is 0 Å². The third-order valence-electron chi connectivity index (χ3n) is 3.60. The minimum atomic E-state index is -0.179. The van der Waals surface area contributed by atoms with Crippen molar-refractivity contribution >= 4 is 29.9 Å². The van der Waals surface area contributed by atoms with Crippen LogP contribution in [0.4, 0.5) is 0 Å².